The Bertz CT molecular complexity index is 411. The number of carbonyl (C=O) groups excluding carboxylic acids is 1. The average molecular weight is 262 g/mol. The van der Waals surface area contributed by atoms with E-state index >= 15 is 0 Å². The summed E-state index contributed by atoms with van der Waals surface area (Å²) in [6.07, 6.45) is 0.821. The standard InChI is InChI=1S/C15H22N2O2/c1-3-16-11(2)12-4-6-14(7-5-12)17-15(18)13-8-9-19-10-13/h4-7,11,13,16H,3,8-10H2,1-2H3,(H,17,18). The van der Waals surface area contributed by atoms with E-state index < -0.39 is 0 Å². The fourth-order valence-electron chi connectivity index (χ4n) is 2.26. The molecular weight excluding hydrogens is 240 g/mol. The van der Waals surface area contributed by atoms with Crippen molar-refractivity contribution in [1.82, 2.24) is 5.32 Å². The molecule has 0 radical (unpaired) electrons. The Morgan fingerprint density at radius 3 is 2.74 bits per heavy atom. The van der Waals surface area contributed by atoms with E-state index in [2.05, 4.69) is 24.5 Å². The number of hydrogen-bond acceptors (Lipinski definition) is 3. The highest BCUT2D eigenvalue weighted by Gasteiger charge is 2.23. The van der Waals surface area contributed by atoms with Crippen molar-refractivity contribution in [1.29, 1.82) is 0 Å². The first-order valence-electron chi connectivity index (χ1n) is 6.92. The predicted octanol–water partition coefficient (Wildman–Crippen LogP) is 2.33. The van der Waals surface area contributed by atoms with Gasteiger partial charge >= 0.3 is 0 Å². The smallest absolute Gasteiger partial charge is 0.229 e. The van der Waals surface area contributed by atoms with Gasteiger partial charge in [0.1, 0.15) is 0 Å². The summed E-state index contributed by atoms with van der Waals surface area (Å²) in [7, 11) is 0. The van der Waals surface area contributed by atoms with Gasteiger partial charge in [0.15, 0.2) is 0 Å². The van der Waals surface area contributed by atoms with Gasteiger partial charge in [-0.25, -0.2) is 0 Å². The molecule has 1 aliphatic rings. The van der Waals surface area contributed by atoms with Crippen molar-refractivity contribution in [3.63, 3.8) is 0 Å². The summed E-state index contributed by atoms with van der Waals surface area (Å²) in [4.78, 5) is 11.9. The maximum atomic E-state index is 11.9. The lowest BCUT2D eigenvalue weighted by Gasteiger charge is -2.14. The van der Waals surface area contributed by atoms with Crippen molar-refractivity contribution in [2.45, 2.75) is 26.3 Å². The van der Waals surface area contributed by atoms with Gasteiger partial charge in [0.2, 0.25) is 5.91 Å². The molecule has 4 nitrogen and oxygen atoms in total. The van der Waals surface area contributed by atoms with Crippen LogP contribution >= 0.6 is 0 Å². The van der Waals surface area contributed by atoms with Crippen LogP contribution in [0.4, 0.5) is 5.69 Å². The molecule has 0 bridgehead atoms. The van der Waals surface area contributed by atoms with Crippen molar-refractivity contribution in [2.75, 3.05) is 25.1 Å². The van der Waals surface area contributed by atoms with Gasteiger partial charge in [0.05, 0.1) is 12.5 Å². The third-order valence-electron chi connectivity index (χ3n) is 3.49. The molecule has 1 fully saturated rings. The topological polar surface area (TPSA) is 50.4 Å². The molecule has 2 atom stereocenters. The Labute approximate surface area is 114 Å². The molecule has 1 heterocycles. The molecule has 2 rings (SSSR count). The lowest BCUT2D eigenvalue weighted by atomic mass is 10.1. The van der Waals surface area contributed by atoms with E-state index in [-0.39, 0.29) is 11.8 Å². The second kappa shape index (κ2) is 6.68. The molecule has 0 aliphatic carbocycles. The molecular formula is C15H22N2O2. The van der Waals surface area contributed by atoms with Crippen LogP contribution in [0.3, 0.4) is 0 Å². The minimum Gasteiger partial charge on any atom is -0.381 e. The summed E-state index contributed by atoms with van der Waals surface area (Å²) in [5.74, 6) is 0.0605. The number of anilines is 1. The fraction of sp³-hybridized carbons (Fsp3) is 0.533. The van der Waals surface area contributed by atoms with Crippen molar-refractivity contribution in [2.24, 2.45) is 5.92 Å². The maximum absolute atomic E-state index is 11.9. The van der Waals surface area contributed by atoms with Gasteiger partial charge in [-0.3, -0.25) is 4.79 Å². The maximum Gasteiger partial charge on any atom is 0.229 e. The molecule has 4 heteroatoms. The van der Waals surface area contributed by atoms with Crippen LogP contribution in [0.15, 0.2) is 24.3 Å². The molecule has 0 aromatic heterocycles. The fourth-order valence-corrected chi connectivity index (χ4v) is 2.26. The lowest BCUT2D eigenvalue weighted by Crippen LogP contribution is -2.23. The van der Waals surface area contributed by atoms with E-state index in [1.165, 1.54) is 5.56 Å². The third kappa shape index (κ3) is 3.78. The first kappa shape index (κ1) is 14.0. The quantitative estimate of drug-likeness (QED) is 0.856. The minimum atomic E-state index is 0.000332. The number of rotatable bonds is 5. The molecule has 1 aliphatic heterocycles. The molecule has 19 heavy (non-hydrogen) atoms. The minimum absolute atomic E-state index is 0.000332. The van der Waals surface area contributed by atoms with Crippen LogP contribution in [0.5, 0.6) is 0 Å². The van der Waals surface area contributed by atoms with Gasteiger partial charge < -0.3 is 15.4 Å². The summed E-state index contributed by atoms with van der Waals surface area (Å²) < 4.78 is 5.22. The summed E-state index contributed by atoms with van der Waals surface area (Å²) in [5.41, 5.74) is 2.08. The molecule has 1 aromatic rings. The van der Waals surface area contributed by atoms with Gasteiger partial charge in [-0.15, -0.1) is 0 Å². The van der Waals surface area contributed by atoms with Gasteiger partial charge in [0.25, 0.3) is 0 Å². The number of amides is 1. The molecule has 2 N–H and O–H groups in total. The largest absolute Gasteiger partial charge is 0.381 e. The van der Waals surface area contributed by atoms with E-state index in [1.54, 1.807) is 0 Å². The number of benzene rings is 1. The predicted molar refractivity (Wildman–Crippen MR) is 76.1 cm³/mol. The van der Waals surface area contributed by atoms with E-state index in [0.717, 1.165) is 18.7 Å². The van der Waals surface area contributed by atoms with Crippen LogP contribution in [-0.4, -0.2) is 25.7 Å². The SMILES string of the molecule is CCNC(C)c1ccc(NC(=O)C2CCOC2)cc1. The van der Waals surface area contributed by atoms with Crippen LogP contribution in [0, 0.1) is 5.92 Å². The van der Waals surface area contributed by atoms with Crippen molar-refractivity contribution in [3.05, 3.63) is 29.8 Å². The summed E-state index contributed by atoms with van der Waals surface area (Å²) in [6.45, 7) is 6.40. The Hall–Kier alpha value is -1.39. The number of carbonyl (C=O) groups is 1. The highest BCUT2D eigenvalue weighted by atomic mass is 16.5. The monoisotopic (exact) mass is 262 g/mol. The lowest BCUT2D eigenvalue weighted by molar-refractivity contribution is -0.119. The van der Waals surface area contributed by atoms with E-state index in [4.69, 9.17) is 4.74 Å². The van der Waals surface area contributed by atoms with Gasteiger partial charge in [-0.05, 0) is 37.6 Å². The zero-order valence-corrected chi connectivity index (χ0v) is 11.6. The molecule has 2 unspecified atom stereocenters. The van der Waals surface area contributed by atoms with Gasteiger partial charge in [-0.1, -0.05) is 19.1 Å². The van der Waals surface area contributed by atoms with Crippen LogP contribution in [0.2, 0.25) is 0 Å². The second-order valence-corrected chi connectivity index (χ2v) is 4.95. The average Bonchev–Trinajstić information content (AvgIpc) is 2.94. The number of hydrogen-bond donors (Lipinski definition) is 2. The van der Waals surface area contributed by atoms with Crippen molar-refractivity contribution < 1.29 is 9.53 Å². The number of ether oxygens (including phenoxy) is 1. The molecule has 1 amide bonds. The first-order valence-corrected chi connectivity index (χ1v) is 6.92. The van der Waals surface area contributed by atoms with Crippen molar-refractivity contribution in [3.8, 4) is 0 Å². The molecule has 0 spiro atoms. The van der Waals surface area contributed by atoms with Gasteiger partial charge in [-0.2, -0.15) is 0 Å². The van der Waals surface area contributed by atoms with E-state index in [9.17, 15) is 4.79 Å². The zero-order chi connectivity index (χ0) is 13.7. The Morgan fingerprint density at radius 2 is 2.16 bits per heavy atom. The van der Waals surface area contributed by atoms with E-state index in [0.29, 0.717) is 19.3 Å². The Balaban J connectivity index is 1.92. The molecule has 0 saturated carbocycles. The van der Waals surface area contributed by atoms with Crippen LogP contribution in [-0.2, 0) is 9.53 Å². The van der Waals surface area contributed by atoms with Crippen LogP contribution in [0.1, 0.15) is 31.9 Å². The summed E-state index contributed by atoms with van der Waals surface area (Å²) in [6, 6.07) is 8.34. The zero-order valence-electron chi connectivity index (χ0n) is 11.6. The van der Waals surface area contributed by atoms with Crippen molar-refractivity contribution >= 4 is 11.6 Å². The highest BCUT2D eigenvalue weighted by molar-refractivity contribution is 5.92. The molecule has 1 aromatic carbocycles. The van der Waals surface area contributed by atoms with Gasteiger partial charge in [0, 0.05) is 18.3 Å². The third-order valence-corrected chi connectivity index (χ3v) is 3.49. The first-order chi connectivity index (χ1) is 9.20. The summed E-state index contributed by atoms with van der Waals surface area (Å²) in [5, 5.41) is 6.31. The Morgan fingerprint density at radius 1 is 1.42 bits per heavy atom. The second-order valence-electron chi connectivity index (χ2n) is 4.95. The van der Waals surface area contributed by atoms with Crippen LogP contribution < -0.4 is 10.6 Å². The van der Waals surface area contributed by atoms with Crippen LogP contribution in [0.25, 0.3) is 0 Å². The Kier molecular flexibility index (Phi) is 4.93. The summed E-state index contributed by atoms with van der Waals surface area (Å²) >= 11 is 0. The molecule has 1 saturated heterocycles. The van der Waals surface area contributed by atoms with E-state index in [1.807, 2.05) is 24.3 Å². The highest BCUT2D eigenvalue weighted by Crippen LogP contribution is 2.18. The molecule has 104 valence electrons. The number of nitrogens with one attached hydrogen (secondary N) is 2. The normalized spacial score (nSPS) is 20.2.